The lowest BCUT2D eigenvalue weighted by Gasteiger charge is -2.26. The van der Waals surface area contributed by atoms with E-state index in [1.54, 1.807) is 0 Å². The molecule has 0 saturated heterocycles. The predicted molar refractivity (Wildman–Crippen MR) is 176 cm³/mol. The van der Waals surface area contributed by atoms with E-state index in [1.165, 1.54) is 41.7 Å². The molecule has 9 aromatic rings. The number of hydrogen-bond acceptors (Lipinski definition) is 3. The average Bonchev–Trinajstić information content (AvgIpc) is 3.60. The lowest BCUT2D eigenvalue weighted by Crippen LogP contribution is -2.10. The molecule has 0 aliphatic carbocycles. The third kappa shape index (κ3) is 3.36. The normalized spacial score (nSPS) is 11.9. The van der Waals surface area contributed by atoms with E-state index in [1.807, 2.05) is 23.5 Å². The van der Waals surface area contributed by atoms with Crippen molar-refractivity contribution in [1.29, 1.82) is 0 Å². The monoisotopic (exact) mass is 541 g/mol. The maximum absolute atomic E-state index is 6.52. The molecule has 0 bridgehead atoms. The number of furan rings is 1. The van der Waals surface area contributed by atoms with Gasteiger partial charge in [-0.2, -0.15) is 0 Å². The van der Waals surface area contributed by atoms with Crippen LogP contribution in [0.15, 0.2) is 144 Å². The molecule has 0 radical (unpaired) electrons. The van der Waals surface area contributed by atoms with Crippen LogP contribution in [0.5, 0.6) is 0 Å². The van der Waals surface area contributed by atoms with Crippen molar-refractivity contribution >= 4 is 92.1 Å². The minimum Gasteiger partial charge on any atom is -0.454 e. The van der Waals surface area contributed by atoms with Crippen molar-refractivity contribution in [2.24, 2.45) is 0 Å². The third-order valence-corrected chi connectivity index (χ3v) is 9.43. The van der Waals surface area contributed by atoms with Crippen LogP contribution in [0.1, 0.15) is 0 Å². The van der Waals surface area contributed by atoms with Gasteiger partial charge in [-0.1, -0.05) is 97.1 Å². The number of rotatable bonds is 3. The zero-order valence-corrected chi connectivity index (χ0v) is 22.9. The van der Waals surface area contributed by atoms with Crippen molar-refractivity contribution in [2.45, 2.75) is 0 Å². The summed E-state index contributed by atoms with van der Waals surface area (Å²) in [4.78, 5) is 2.33. The Labute approximate surface area is 240 Å². The number of hydrogen-bond donors (Lipinski definition) is 0. The van der Waals surface area contributed by atoms with Gasteiger partial charge in [-0.05, 0) is 58.6 Å². The average molecular weight is 542 g/mol. The molecule has 3 heteroatoms. The topological polar surface area (TPSA) is 16.4 Å². The van der Waals surface area contributed by atoms with Crippen LogP contribution in [0.2, 0.25) is 0 Å². The first-order chi connectivity index (χ1) is 20.3. The summed E-state index contributed by atoms with van der Waals surface area (Å²) in [6.07, 6.45) is 0. The summed E-state index contributed by atoms with van der Waals surface area (Å²) in [7, 11) is 0. The Morgan fingerprint density at radius 1 is 0.488 bits per heavy atom. The molecule has 192 valence electrons. The highest BCUT2D eigenvalue weighted by molar-refractivity contribution is 7.26. The first-order valence-corrected chi connectivity index (χ1v) is 14.7. The first kappa shape index (κ1) is 22.7. The number of anilines is 3. The Balaban J connectivity index is 1.36. The number of benzene rings is 7. The van der Waals surface area contributed by atoms with Crippen LogP contribution in [0.25, 0.3) is 63.7 Å². The van der Waals surface area contributed by atoms with Gasteiger partial charge in [0.1, 0.15) is 5.58 Å². The van der Waals surface area contributed by atoms with Gasteiger partial charge in [-0.15, -0.1) is 11.3 Å². The van der Waals surface area contributed by atoms with Crippen molar-refractivity contribution in [3.05, 3.63) is 140 Å². The molecule has 0 fully saturated rings. The summed E-state index contributed by atoms with van der Waals surface area (Å²) in [6.45, 7) is 0. The molecule has 9 rings (SSSR count). The third-order valence-electron chi connectivity index (χ3n) is 8.22. The van der Waals surface area contributed by atoms with E-state index < -0.39 is 0 Å². The Bertz CT molecular complexity index is 2430. The highest BCUT2D eigenvalue weighted by Gasteiger charge is 2.20. The molecule has 2 aromatic heterocycles. The van der Waals surface area contributed by atoms with E-state index in [-0.39, 0.29) is 0 Å². The van der Waals surface area contributed by atoms with Crippen LogP contribution in [0.3, 0.4) is 0 Å². The molecule has 0 N–H and O–H groups in total. The van der Waals surface area contributed by atoms with E-state index in [2.05, 4.69) is 132 Å². The molecule has 0 amide bonds. The van der Waals surface area contributed by atoms with Crippen LogP contribution in [-0.4, -0.2) is 0 Å². The quantitative estimate of drug-likeness (QED) is 0.207. The molecule has 2 heterocycles. The minimum absolute atomic E-state index is 0.891. The summed E-state index contributed by atoms with van der Waals surface area (Å²) in [5.74, 6) is 0. The molecule has 0 spiro atoms. The summed E-state index contributed by atoms with van der Waals surface area (Å²) < 4.78 is 9.19. The van der Waals surface area contributed by atoms with E-state index in [0.29, 0.717) is 0 Å². The highest BCUT2D eigenvalue weighted by Crippen LogP contribution is 2.45. The summed E-state index contributed by atoms with van der Waals surface area (Å²) in [5.41, 5.74) is 5.01. The molecule has 0 unspecified atom stereocenters. The summed E-state index contributed by atoms with van der Waals surface area (Å²) >= 11 is 1.89. The molecule has 2 nitrogen and oxygen atoms in total. The van der Waals surface area contributed by atoms with Gasteiger partial charge in [0.2, 0.25) is 0 Å². The fourth-order valence-corrected chi connectivity index (χ4v) is 7.63. The number of para-hydroxylation sites is 3. The van der Waals surface area contributed by atoms with Gasteiger partial charge in [-0.3, -0.25) is 0 Å². The van der Waals surface area contributed by atoms with E-state index in [0.717, 1.165) is 39.0 Å². The second-order valence-electron chi connectivity index (χ2n) is 10.5. The van der Waals surface area contributed by atoms with Crippen molar-refractivity contribution < 1.29 is 4.42 Å². The van der Waals surface area contributed by atoms with Crippen LogP contribution in [0.4, 0.5) is 17.1 Å². The second kappa shape index (κ2) is 8.69. The second-order valence-corrected chi connectivity index (χ2v) is 11.6. The lowest BCUT2D eigenvalue weighted by molar-refractivity contribution is 0.669. The zero-order chi connectivity index (χ0) is 26.9. The first-order valence-electron chi connectivity index (χ1n) is 13.9. The van der Waals surface area contributed by atoms with E-state index >= 15 is 0 Å². The molecule has 0 aliphatic heterocycles. The molecular weight excluding hydrogens is 518 g/mol. The molecule has 0 saturated carbocycles. The Hall–Kier alpha value is -5.12. The van der Waals surface area contributed by atoms with Crippen molar-refractivity contribution in [3.63, 3.8) is 0 Å². The van der Waals surface area contributed by atoms with Crippen LogP contribution < -0.4 is 4.90 Å². The fraction of sp³-hybridized carbons (Fsp3) is 0. The molecule has 0 atom stereocenters. The van der Waals surface area contributed by atoms with Gasteiger partial charge in [0.25, 0.3) is 0 Å². The van der Waals surface area contributed by atoms with E-state index in [4.69, 9.17) is 4.42 Å². The molecule has 7 aromatic carbocycles. The minimum atomic E-state index is 0.891. The smallest absolute Gasteiger partial charge is 0.159 e. The predicted octanol–water partition coefficient (Wildman–Crippen LogP) is 11.7. The summed E-state index contributed by atoms with van der Waals surface area (Å²) in [6, 6.07) is 49.9. The molecule has 41 heavy (non-hydrogen) atoms. The van der Waals surface area contributed by atoms with Gasteiger partial charge in [-0.25, -0.2) is 0 Å². The number of nitrogens with zero attached hydrogens (tertiary/aromatic N) is 1. The van der Waals surface area contributed by atoms with Crippen molar-refractivity contribution in [1.82, 2.24) is 0 Å². The largest absolute Gasteiger partial charge is 0.454 e. The highest BCUT2D eigenvalue weighted by atomic mass is 32.1. The molecular formula is C38H23NOS. The SMILES string of the molecule is c1ccc(N(c2ccc3ccc4ccc5c6ccccc6sc5c4c3c2)c2cccc3c2oc2ccccc23)cc1. The molecule has 0 aliphatic rings. The maximum Gasteiger partial charge on any atom is 0.159 e. The number of fused-ring (bicyclic) bond motifs is 10. The fourth-order valence-electron chi connectivity index (χ4n) is 6.36. The Morgan fingerprint density at radius 2 is 1.22 bits per heavy atom. The van der Waals surface area contributed by atoms with Crippen LogP contribution in [0, 0.1) is 0 Å². The van der Waals surface area contributed by atoms with Gasteiger partial charge in [0.15, 0.2) is 5.58 Å². The maximum atomic E-state index is 6.52. The van der Waals surface area contributed by atoms with E-state index in [9.17, 15) is 0 Å². The lowest BCUT2D eigenvalue weighted by atomic mass is 9.99. The number of thiophene rings is 1. The van der Waals surface area contributed by atoms with Gasteiger partial charge in [0, 0.05) is 47.7 Å². The van der Waals surface area contributed by atoms with Gasteiger partial charge in [0.05, 0.1) is 5.69 Å². The Morgan fingerprint density at radius 3 is 2.15 bits per heavy atom. The summed E-state index contributed by atoms with van der Waals surface area (Å²) in [5, 5.41) is 9.98. The van der Waals surface area contributed by atoms with Gasteiger partial charge < -0.3 is 9.32 Å². The van der Waals surface area contributed by atoms with Gasteiger partial charge >= 0.3 is 0 Å². The van der Waals surface area contributed by atoms with Crippen molar-refractivity contribution in [3.8, 4) is 0 Å². The van der Waals surface area contributed by atoms with Crippen molar-refractivity contribution in [2.75, 3.05) is 4.90 Å². The van der Waals surface area contributed by atoms with Crippen LogP contribution >= 0.6 is 11.3 Å². The Kier molecular flexibility index (Phi) is 4.80. The van der Waals surface area contributed by atoms with Crippen LogP contribution in [-0.2, 0) is 0 Å². The standard InChI is InChI=1S/C38H23NOS/c1-2-9-26(10-3-1)39(33-14-8-13-30-28-11-4-6-15-34(28)40-37(30)33)27-21-19-24-17-18-25-20-22-31-29-12-5-7-16-35(29)41-38(31)36(25)32(24)23-27/h1-23H. The zero-order valence-electron chi connectivity index (χ0n) is 22.0.